The Morgan fingerprint density at radius 2 is 1.76 bits per heavy atom. The van der Waals surface area contributed by atoms with Gasteiger partial charge in [-0.1, -0.05) is 10.4 Å². The highest BCUT2D eigenvalue weighted by atomic mass is 32.5. The Balaban J connectivity index is 1.22. The van der Waals surface area contributed by atoms with E-state index in [1.165, 1.54) is 0 Å². The Kier molecular flexibility index (Phi) is 8.51. The van der Waals surface area contributed by atoms with Crippen LogP contribution in [-0.2, 0) is 39.4 Å². The first kappa shape index (κ1) is 31.6. The van der Waals surface area contributed by atoms with Crippen molar-refractivity contribution in [3.63, 3.8) is 0 Å². The van der Waals surface area contributed by atoms with Crippen molar-refractivity contribution >= 4 is 60.9 Å². The number of anilines is 2. The second-order valence-electron chi connectivity index (χ2n) is 9.47. The molecule has 6 rings (SSSR count). The fraction of sp³-hybridized carbons (Fsp3) is 0.556. The predicted molar refractivity (Wildman–Crippen MR) is 145 cm³/mol. The van der Waals surface area contributed by atoms with Crippen molar-refractivity contribution in [2.24, 2.45) is 0 Å². The molecule has 4 aromatic heterocycles. The van der Waals surface area contributed by atoms with Crippen molar-refractivity contribution in [2.45, 2.75) is 49.2 Å². The van der Waals surface area contributed by atoms with Gasteiger partial charge in [0.1, 0.15) is 24.6 Å². The molecule has 2 aliphatic heterocycles. The summed E-state index contributed by atoms with van der Waals surface area (Å²) in [6.45, 7) is -6.14. The van der Waals surface area contributed by atoms with Crippen LogP contribution >= 0.6 is 15.0 Å². The fourth-order valence-electron chi connectivity index (χ4n) is 4.74. The van der Waals surface area contributed by atoms with Crippen LogP contribution in [0.15, 0.2) is 11.1 Å². The number of halogens is 2. The van der Waals surface area contributed by atoms with Gasteiger partial charge in [-0.2, -0.15) is 14.3 Å². The van der Waals surface area contributed by atoms with Crippen molar-refractivity contribution < 1.29 is 51.3 Å². The Morgan fingerprint density at radius 1 is 1.07 bits per heavy atom. The highest BCUT2D eigenvalue weighted by Gasteiger charge is 2.54. The number of nitrogens with zero attached hydrogens (tertiary/aromatic N) is 9. The molecule has 0 aromatic carbocycles. The second kappa shape index (κ2) is 12.1. The largest absolute Gasteiger partial charge is 0.695 e. The number of nitrogen functional groups attached to an aromatic ring is 2. The quantitative estimate of drug-likeness (QED) is 0.0979. The topological polar surface area (TPSA) is 309 Å². The smallest absolute Gasteiger partial charge is 0.394 e. The summed E-state index contributed by atoms with van der Waals surface area (Å²) in [6.07, 6.45) is -13.1. The van der Waals surface area contributed by atoms with Crippen molar-refractivity contribution in [2.75, 3.05) is 24.7 Å². The van der Waals surface area contributed by atoms with Crippen molar-refractivity contribution in [1.29, 1.82) is 0 Å². The van der Waals surface area contributed by atoms with Gasteiger partial charge in [0, 0.05) is 4.57 Å². The average molecular weight is 697 g/mol. The number of alkyl halides is 2. The molecule has 4 aromatic rings. The van der Waals surface area contributed by atoms with Gasteiger partial charge in [0.05, 0.1) is 13.2 Å². The monoisotopic (exact) mass is 697 g/mol. The van der Waals surface area contributed by atoms with E-state index in [0.29, 0.717) is 0 Å². The number of hydrogen-bond donors (Lipinski definition) is 6. The van der Waals surface area contributed by atoms with Gasteiger partial charge in [-0.15, -0.1) is 19.6 Å². The first-order valence-electron chi connectivity index (χ1n) is 12.5. The number of aromatic nitrogens is 10. The van der Waals surface area contributed by atoms with E-state index in [9.17, 15) is 24.3 Å². The summed E-state index contributed by atoms with van der Waals surface area (Å²) in [5, 5.41) is 24.6. The van der Waals surface area contributed by atoms with E-state index < -0.39 is 83.0 Å². The highest BCUT2D eigenvalue weighted by Crippen LogP contribution is 2.51. The van der Waals surface area contributed by atoms with E-state index in [-0.39, 0.29) is 34.1 Å². The van der Waals surface area contributed by atoms with Crippen LogP contribution in [-0.4, -0.2) is 115 Å². The molecule has 6 heterocycles. The number of aromatic amines is 1. The Hall–Kier alpha value is -3.35. The standard InChI is InChI=1S/C18H20F2N12O10P2S/c19-6-4(1-33)39-17(32-14-9(28-30-32)15(34)26-18(22)25-14)11(6)42-44(37,45)38-2-5-10(41-43(35)36)7(20)16(40-5)31-13-8(27-29-31)12(21)23-3-24-13/h3-7,10-11,16-17,33H,1-2H2,(H6-,21,22,23,24,25,26,29,30,34,35,36,37,45)/p+1/t4-,5-,6+,7+,10-,11-,16-,17-,44?/m1/s1. The number of ether oxygens (including phenoxy) is 2. The zero-order valence-electron chi connectivity index (χ0n) is 22.0. The number of hydrogen-bond acceptors (Lipinski definition) is 18. The average Bonchev–Trinajstić information content (AvgIpc) is 3.73. The molecule has 0 saturated carbocycles. The van der Waals surface area contributed by atoms with E-state index >= 15 is 8.78 Å². The van der Waals surface area contributed by atoms with Gasteiger partial charge in [-0.3, -0.25) is 14.3 Å². The molecule has 27 heteroatoms. The van der Waals surface area contributed by atoms with Crippen LogP contribution in [0.4, 0.5) is 20.5 Å². The third-order valence-electron chi connectivity index (χ3n) is 6.70. The Labute approximate surface area is 252 Å². The van der Waals surface area contributed by atoms with E-state index in [2.05, 4.69) is 40.6 Å². The number of fused-ring (bicyclic) bond motifs is 2. The summed E-state index contributed by atoms with van der Waals surface area (Å²) in [6, 6.07) is 0. The minimum atomic E-state index is -4.50. The lowest BCUT2D eigenvalue weighted by Gasteiger charge is -2.25. The maximum atomic E-state index is 15.6. The van der Waals surface area contributed by atoms with Crippen LogP contribution in [0.1, 0.15) is 12.5 Å². The van der Waals surface area contributed by atoms with Crippen LogP contribution in [0.25, 0.3) is 22.3 Å². The van der Waals surface area contributed by atoms with E-state index in [1.54, 1.807) is 0 Å². The van der Waals surface area contributed by atoms with Crippen LogP contribution in [0.5, 0.6) is 0 Å². The molecule has 2 fully saturated rings. The summed E-state index contributed by atoms with van der Waals surface area (Å²) >= 11 is 5.05. The van der Waals surface area contributed by atoms with Gasteiger partial charge in [-0.25, -0.2) is 18.7 Å². The summed E-state index contributed by atoms with van der Waals surface area (Å²) in [4.78, 5) is 46.3. The molecule has 2 aliphatic rings. The van der Waals surface area contributed by atoms with Crippen molar-refractivity contribution in [3.05, 3.63) is 16.7 Å². The summed E-state index contributed by atoms with van der Waals surface area (Å²) in [5.41, 5.74) is 10.0. The number of nitrogens with two attached hydrogens (primary N) is 2. The molecule has 10 atom stereocenters. The first-order chi connectivity index (χ1) is 21.4. The van der Waals surface area contributed by atoms with Gasteiger partial charge in [0.15, 0.2) is 59.0 Å². The third kappa shape index (κ3) is 5.88. The van der Waals surface area contributed by atoms with Gasteiger partial charge < -0.3 is 35.5 Å². The maximum absolute atomic E-state index is 15.6. The molecule has 0 radical (unpaired) electrons. The molecule has 22 nitrogen and oxygen atoms in total. The fourth-order valence-corrected chi connectivity index (χ4v) is 6.61. The van der Waals surface area contributed by atoms with Crippen LogP contribution in [0.2, 0.25) is 0 Å². The van der Waals surface area contributed by atoms with Crippen LogP contribution in [0, 0.1) is 0 Å². The molecule has 2 saturated heterocycles. The molecule has 0 amide bonds. The van der Waals surface area contributed by atoms with E-state index in [4.69, 9.17) is 46.3 Å². The number of nitrogens with one attached hydrogen (secondary N) is 1. The third-order valence-corrected chi connectivity index (χ3v) is 8.69. The van der Waals surface area contributed by atoms with Gasteiger partial charge in [0.25, 0.3) is 5.56 Å². The van der Waals surface area contributed by atoms with Crippen molar-refractivity contribution in [1.82, 2.24) is 49.9 Å². The van der Waals surface area contributed by atoms with Crippen LogP contribution < -0.4 is 17.0 Å². The SMILES string of the molecule is Nc1nc2c(nnn2[C@@H]2O[C@H](CO)[C@H](F)[C@H]2OP(O)(=S)OC[C@H]2O[C@@H](n3nnc4c(N)ncnc43)[C@@H](F)[C@@H]2O[P+](=O)O)c(=O)[nH]1. The molecule has 45 heavy (non-hydrogen) atoms. The Morgan fingerprint density at radius 3 is 2.47 bits per heavy atom. The van der Waals surface area contributed by atoms with Gasteiger partial charge in [0.2, 0.25) is 5.95 Å². The lowest BCUT2D eigenvalue weighted by molar-refractivity contribution is -0.0603. The zero-order valence-corrected chi connectivity index (χ0v) is 24.7. The Bertz CT molecular complexity index is 1870. The molecule has 0 aliphatic carbocycles. The lowest BCUT2D eigenvalue weighted by Crippen LogP contribution is -2.34. The molecule has 0 spiro atoms. The lowest BCUT2D eigenvalue weighted by atomic mass is 10.1. The number of aliphatic hydroxyl groups excluding tert-OH is 1. The highest BCUT2D eigenvalue weighted by molar-refractivity contribution is 8.07. The number of aliphatic hydroxyl groups is 1. The van der Waals surface area contributed by atoms with E-state index in [1.807, 2.05) is 0 Å². The van der Waals surface area contributed by atoms with Gasteiger partial charge >= 0.3 is 15.0 Å². The molecular formula is C18H21F2N12O10P2S+. The molecule has 0 bridgehead atoms. The minimum Gasteiger partial charge on any atom is -0.394 e. The summed E-state index contributed by atoms with van der Waals surface area (Å²) in [7, 11) is -3.36. The minimum absolute atomic E-state index is 0.0240. The summed E-state index contributed by atoms with van der Waals surface area (Å²) in [5.74, 6) is -0.382. The van der Waals surface area contributed by atoms with Crippen molar-refractivity contribution in [3.8, 4) is 0 Å². The van der Waals surface area contributed by atoms with Gasteiger partial charge in [-0.05, 0) is 11.8 Å². The zero-order chi connectivity index (χ0) is 32.2. The van der Waals surface area contributed by atoms with E-state index in [0.717, 1.165) is 15.7 Å². The molecular weight excluding hydrogens is 676 g/mol. The predicted octanol–water partition coefficient (Wildman–Crippen LogP) is -1.97. The number of H-pyrrole nitrogens is 1. The second-order valence-corrected chi connectivity index (χ2v) is 12.9. The molecule has 2 unspecified atom stereocenters. The molecule has 8 N–H and O–H groups in total. The normalized spacial score (nSPS) is 30.3. The number of rotatable bonds is 10. The first-order valence-corrected chi connectivity index (χ1v) is 16.2. The van der Waals surface area contributed by atoms with Crippen LogP contribution in [0.3, 0.4) is 0 Å². The molecule has 242 valence electrons. The summed E-state index contributed by atoms with van der Waals surface area (Å²) < 4.78 is 70.9. The maximum Gasteiger partial charge on any atom is 0.695 e.